The zero-order valence-corrected chi connectivity index (χ0v) is 13.2. The monoisotopic (exact) mass is 330 g/mol. The summed E-state index contributed by atoms with van der Waals surface area (Å²) in [6.07, 6.45) is 0.121. The quantitative estimate of drug-likeness (QED) is 0.615. The van der Waals surface area contributed by atoms with Crippen molar-refractivity contribution < 1.29 is 17.6 Å². The van der Waals surface area contributed by atoms with Gasteiger partial charge < -0.3 is 10.3 Å². The molecule has 0 radical (unpaired) electrons. The van der Waals surface area contributed by atoms with Crippen LogP contribution in [0.2, 0.25) is 0 Å². The maximum Gasteiger partial charge on any atom is 0.416 e. The van der Waals surface area contributed by atoms with Gasteiger partial charge in [0.25, 0.3) is 0 Å². The minimum Gasteiger partial charge on any atom is -0.313 e. The third kappa shape index (κ3) is 4.77. The number of alkyl halides is 3. The number of halogens is 4. The van der Waals surface area contributed by atoms with Crippen molar-refractivity contribution in [1.29, 1.82) is 5.41 Å². The van der Waals surface area contributed by atoms with Crippen LogP contribution in [0, 0.1) is 17.1 Å². The standard InChI is InChI=1S/C17H22F4N2/c1-12(14(10-22)11-23-5-3-2-4-6-23)13-7-15(17(19,20)21)9-16(18)8-13/h7-10,12,14,22H,2-6,11H2,1H3. The molecule has 1 aliphatic heterocycles. The summed E-state index contributed by atoms with van der Waals surface area (Å²) in [5.41, 5.74) is -0.677. The number of hydrogen-bond acceptors (Lipinski definition) is 2. The molecule has 1 fully saturated rings. The summed E-state index contributed by atoms with van der Waals surface area (Å²) in [6, 6.07) is 2.66. The van der Waals surface area contributed by atoms with Gasteiger partial charge >= 0.3 is 6.18 Å². The van der Waals surface area contributed by atoms with E-state index in [1.807, 2.05) is 0 Å². The summed E-state index contributed by atoms with van der Waals surface area (Å²) in [6.45, 7) is 4.29. The van der Waals surface area contributed by atoms with Gasteiger partial charge in [-0.25, -0.2) is 4.39 Å². The van der Waals surface area contributed by atoms with Crippen molar-refractivity contribution in [3.63, 3.8) is 0 Å². The lowest BCUT2D eigenvalue weighted by Crippen LogP contribution is -2.36. The minimum atomic E-state index is -4.57. The van der Waals surface area contributed by atoms with Crippen LogP contribution in [0.3, 0.4) is 0 Å². The molecule has 2 atom stereocenters. The molecule has 1 heterocycles. The van der Waals surface area contributed by atoms with E-state index in [4.69, 9.17) is 5.41 Å². The van der Waals surface area contributed by atoms with Crippen LogP contribution in [0.4, 0.5) is 17.6 Å². The summed E-state index contributed by atoms with van der Waals surface area (Å²) in [7, 11) is 0. The molecule has 2 unspecified atom stereocenters. The van der Waals surface area contributed by atoms with Crippen molar-refractivity contribution in [3.8, 4) is 0 Å². The van der Waals surface area contributed by atoms with Gasteiger partial charge in [0.1, 0.15) is 5.82 Å². The Kier molecular flexibility index (Phi) is 5.79. The number of hydrogen-bond donors (Lipinski definition) is 1. The highest BCUT2D eigenvalue weighted by molar-refractivity contribution is 5.59. The van der Waals surface area contributed by atoms with E-state index in [-0.39, 0.29) is 11.8 Å². The predicted octanol–water partition coefficient (Wildman–Crippen LogP) is 4.70. The fraction of sp³-hybridized carbons (Fsp3) is 0.588. The first-order chi connectivity index (χ1) is 10.8. The molecule has 1 aliphatic rings. The van der Waals surface area contributed by atoms with Gasteiger partial charge in [0.15, 0.2) is 0 Å². The van der Waals surface area contributed by atoms with Crippen molar-refractivity contribution in [2.45, 2.75) is 38.3 Å². The summed E-state index contributed by atoms with van der Waals surface area (Å²) >= 11 is 0. The molecule has 6 heteroatoms. The van der Waals surface area contributed by atoms with Crippen LogP contribution >= 0.6 is 0 Å². The Bertz CT molecular complexity index is 536. The molecule has 1 aromatic rings. The topological polar surface area (TPSA) is 27.1 Å². The smallest absolute Gasteiger partial charge is 0.313 e. The SMILES string of the molecule is CC(c1cc(F)cc(C(F)(F)F)c1)C(C=N)CN1CCCCC1. The van der Waals surface area contributed by atoms with Crippen molar-refractivity contribution in [1.82, 2.24) is 4.90 Å². The van der Waals surface area contributed by atoms with Gasteiger partial charge in [0.05, 0.1) is 5.56 Å². The maximum atomic E-state index is 13.6. The Morgan fingerprint density at radius 2 is 1.83 bits per heavy atom. The molecule has 0 amide bonds. The summed E-state index contributed by atoms with van der Waals surface area (Å²) < 4.78 is 52.1. The first-order valence-electron chi connectivity index (χ1n) is 7.92. The Balaban J connectivity index is 2.17. The largest absolute Gasteiger partial charge is 0.416 e. The first-order valence-corrected chi connectivity index (χ1v) is 7.92. The Morgan fingerprint density at radius 1 is 1.17 bits per heavy atom. The zero-order chi connectivity index (χ0) is 17.0. The highest BCUT2D eigenvalue weighted by Gasteiger charge is 2.32. The van der Waals surface area contributed by atoms with Gasteiger partial charge in [-0.05, 0) is 55.6 Å². The van der Waals surface area contributed by atoms with Crippen LogP contribution in [0.25, 0.3) is 0 Å². The van der Waals surface area contributed by atoms with E-state index in [2.05, 4.69) is 4.90 Å². The number of piperidine rings is 1. The minimum absolute atomic E-state index is 0.226. The summed E-state index contributed by atoms with van der Waals surface area (Å²) in [5.74, 6) is -1.45. The predicted molar refractivity (Wildman–Crippen MR) is 82.4 cm³/mol. The van der Waals surface area contributed by atoms with Gasteiger partial charge in [0, 0.05) is 18.7 Å². The number of nitrogens with zero attached hydrogens (tertiary/aromatic N) is 1. The fourth-order valence-corrected chi connectivity index (χ4v) is 3.08. The molecule has 0 aliphatic carbocycles. The average molecular weight is 330 g/mol. The van der Waals surface area contributed by atoms with Crippen LogP contribution in [0.5, 0.6) is 0 Å². The van der Waals surface area contributed by atoms with E-state index in [0.717, 1.165) is 38.1 Å². The van der Waals surface area contributed by atoms with Gasteiger partial charge in [-0.1, -0.05) is 13.3 Å². The van der Waals surface area contributed by atoms with E-state index in [0.29, 0.717) is 18.2 Å². The van der Waals surface area contributed by atoms with E-state index in [1.165, 1.54) is 12.6 Å². The van der Waals surface area contributed by atoms with Crippen LogP contribution in [-0.4, -0.2) is 30.7 Å². The molecule has 1 aromatic carbocycles. The van der Waals surface area contributed by atoms with Gasteiger partial charge in [0.2, 0.25) is 0 Å². The van der Waals surface area contributed by atoms with Crippen LogP contribution in [0.1, 0.15) is 43.2 Å². The van der Waals surface area contributed by atoms with E-state index < -0.39 is 17.6 Å². The molecule has 128 valence electrons. The molecule has 0 saturated carbocycles. The van der Waals surface area contributed by atoms with Gasteiger partial charge in [-0.2, -0.15) is 13.2 Å². The average Bonchev–Trinajstić information content (AvgIpc) is 2.51. The summed E-state index contributed by atoms with van der Waals surface area (Å²) in [4.78, 5) is 2.24. The van der Waals surface area contributed by atoms with Crippen molar-refractivity contribution >= 4 is 6.21 Å². The molecule has 2 nitrogen and oxygen atoms in total. The fourth-order valence-electron chi connectivity index (χ4n) is 3.08. The maximum absolute atomic E-state index is 13.6. The van der Waals surface area contributed by atoms with Crippen molar-refractivity contribution in [3.05, 3.63) is 35.1 Å². The van der Waals surface area contributed by atoms with Crippen LogP contribution < -0.4 is 0 Å². The molecule has 2 rings (SSSR count). The van der Waals surface area contributed by atoms with Crippen molar-refractivity contribution in [2.75, 3.05) is 19.6 Å². The first kappa shape index (κ1) is 17.9. The lowest BCUT2D eigenvalue weighted by Gasteiger charge is -2.31. The molecule has 0 bridgehead atoms. The van der Waals surface area contributed by atoms with Gasteiger partial charge in [-0.3, -0.25) is 0 Å². The molecule has 0 spiro atoms. The summed E-state index contributed by atoms with van der Waals surface area (Å²) in [5, 5.41) is 7.62. The Hall–Kier alpha value is -1.43. The number of benzene rings is 1. The highest BCUT2D eigenvalue weighted by Crippen LogP contribution is 2.34. The molecule has 0 aromatic heterocycles. The van der Waals surface area contributed by atoms with E-state index in [1.54, 1.807) is 6.92 Å². The zero-order valence-electron chi connectivity index (χ0n) is 13.2. The van der Waals surface area contributed by atoms with Gasteiger partial charge in [-0.15, -0.1) is 0 Å². The number of likely N-dealkylation sites (tertiary alicyclic amines) is 1. The molecular formula is C17H22F4N2. The molecule has 1 saturated heterocycles. The lowest BCUT2D eigenvalue weighted by atomic mass is 9.86. The number of rotatable bonds is 5. The Morgan fingerprint density at radius 3 is 2.39 bits per heavy atom. The number of nitrogens with one attached hydrogen (secondary N) is 1. The van der Waals surface area contributed by atoms with Crippen LogP contribution in [0.15, 0.2) is 18.2 Å². The van der Waals surface area contributed by atoms with E-state index in [9.17, 15) is 17.6 Å². The van der Waals surface area contributed by atoms with Crippen molar-refractivity contribution in [2.24, 2.45) is 5.92 Å². The van der Waals surface area contributed by atoms with E-state index >= 15 is 0 Å². The third-order valence-corrected chi connectivity index (χ3v) is 4.55. The second kappa shape index (κ2) is 7.43. The highest BCUT2D eigenvalue weighted by atomic mass is 19.4. The Labute approximate surface area is 134 Å². The lowest BCUT2D eigenvalue weighted by molar-refractivity contribution is -0.137. The normalized spacial score (nSPS) is 19.3. The molecular weight excluding hydrogens is 308 g/mol. The third-order valence-electron chi connectivity index (χ3n) is 4.55. The molecule has 1 N–H and O–H groups in total. The second-order valence-electron chi connectivity index (χ2n) is 6.25. The van der Waals surface area contributed by atoms with Crippen LogP contribution in [-0.2, 0) is 6.18 Å². The second-order valence-corrected chi connectivity index (χ2v) is 6.25. The molecule has 23 heavy (non-hydrogen) atoms.